The zero-order valence-corrected chi connectivity index (χ0v) is 93.9. The molecule has 3 aliphatic rings. The largest absolute Gasteiger partial charge is 0.494 e. The topological polar surface area (TPSA) is 268 Å². The zero-order valence-electron chi connectivity index (χ0n) is 86.3. The summed E-state index contributed by atoms with van der Waals surface area (Å²) in [5.74, 6) is 0.00740. The number of nitrogens with zero attached hydrogens (tertiary/aromatic N) is 14. The minimum Gasteiger partial charge on any atom is -0.494 e. The van der Waals surface area contributed by atoms with Crippen LogP contribution in [0.3, 0.4) is 0 Å². The molecule has 17 aromatic rings. The lowest BCUT2D eigenvalue weighted by molar-refractivity contribution is -0.120. The van der Waals surface area contributed by atoms with Crippen molar-refractivity contribution in [2.75, 3.05) is 49.3 Å². The Morgan fingerprint density at radius 2 is 0.780 bits per heavy atom. The molecule has 0 atom stereocenters. The molecule has 2 N–H and O–H groups in total. The van der Waals surface area contributed by atoms with Crippen LogP contribution >= 0.6 is 109 Å². The summed E-state index contributed by atoms with van der Waals surface area (Å²) in [6.07, 6.45) is 9.12. The molecule has 26 nitrogen and oxygen atoms in total. The van der Waals surface area contributed by atoms with E-state index in [-0.39, 0.29) is 28.8 Å². The highest BCUT2D eigenvalue weighted by Gasteiger charge is 2.39. The van der Waals surface area contributed by atoms with Crippen molar-refractivity contribution in [3.8, 4) is 56.4 Å². The Morgan fingerprint density at radius 3 is 1.16 bits per heavy atom. The highest BCUT2D eigenvalue weighted by atomic mass is 79.9. The van der Waals surface area contributed by atoms with Crippen molar-refractivity contribution in [2.45, 2.75) is 167 Å². The summed E-state index contributed by atoms with van der Waals surface area (Å²) in [5.41, 5.74) is 27.2. The van der Waals surface area contributed by atoms with E-state index in [1.165, 1.54) is 0 Å². The molecule has 0 saturated carbocycles. The molecule has 0 aliphatic carbocycles. The average molecular weight is 2250 g/mol. The Kier molecular flexibility index (Phi) is 31.1. The third-order valence-electron chi connectivity index (χ3n) is 29.2. The van der Waals surface area contributed by atoms with Gasteiger partial charge in [-0.05, 0) is 294 Å². The van der Waals surface area contributed by atoms with Gasteiger partial charge in [0.2, 0.25) is 0 Å². The highest BCUT2D eigenvalue weighted by molar-refractivity contribution is 9.10. The maximum atomic E-state index is 15.1. The van der Waals surface area contributed by atoms with Gasteiger partial charge in [-0.2, -0.15) is 15.3 Å². The SMILES string of the molecule is Cc1cc(OCCCc2c3n(c4c(-c5c(C)nn(C)c5C)c(Cl)ccc24)CCCN(Cc2cc(Br)cc(OC=O)c2)C3=O)cc(C)c1Cl.Cc1cc(OCCCc2c3n(c4c(-c5c(C)nn(C)c5C)c(Cl)ccc24)CCCN(c2cc(C(=O)O)c4c(Cl)cn(C)c4c2)C3=O)cc(C)c1Cl.Cc1cc(OCCCc2c3n(c4c(-c5c(C)nn(C)c5C)c(Cl)ccc24)CCCN(c2cc(C(=O)O)cc4c2c(Cl)cn4C)C3=O)cc(C)c1Cl. The predicted molar refractivity (Wildman–Crippen MR) is 603 cm³/mol. The van der Waals surface area contributed by atoms with Gasteiger partial charge in [-0.15, -0.1) is 0 Å². The molecule has 3 amide bonds. The van der Waals surface area contributed by atoms with Gasteiger partial charge in [-0.1, -0.05) is 127 Å². The first kappa shape index (κ1) is 107. The average Bonchev–Trinajstić information content (AvgIpc) is 1.57. The Morgan fingerprint density at radius 1 is 0.407 bits per heavy atom. The van der Waals surface area contributed by atoms with Crippen molar-refractivity contribution >= 4 is 211 Å². The normalized spacial score (nSPS) is 13.3. The van der Waals surface area contributed by atoms with Crippen molar-refractivity contribution < 1.29 is 57.9 Å². The Balaban J connectivity index is 0.000000147. The van der Waals surface area contributed by atoms with Crippen LogP contribution in [-0.4, -0.2) is 143 Å². The number of hydrogen-bond donors (Lipinski definition) is 2. The van der Waals surface area contributed by atoms with Crippen LogP contribution in [0.15, 0.2) is 132 Å². The summed E-state index contributed by atoms with van der Waals surface area (Å²) in [7, 11) is 9.38. The third-order valence-corrected chi connectivity index (χ3v) is 33.0. The van der Waals surface area contributed by atoms with Gasteiger partial charge >= 0.3 is 11.9 Å². The van der Waals surface area contributed by atoms with Crippen LogP contribution in [0.2, 0.25) is 40.2 Å². The minimum absolute atomic E-state index is 0.0485. The van der Waals surface area contributed by atoms with E-state index < -0.39 is 11.9 Å². The van der Waals surface area contributed by atoms with Crippen LogP contribution in [-0.2, 0) is 85.5 Å². The molecule has 150 heavy (non-hydrogen) atoms. The Labute approximate surface area is 916 Å². The molecule has 0 saturated heterocycles. The number of carboxylic acids is 2. The molecule has 0 fully saturated rings. The summed E-state index contributed by atoms with van der Waals surface area (Å²) >= 11 is 57.1. The number of aromatic carboxylic acids is 2. The smallest absolute Gasteiger partial charge is 0.336 e. The Bertz CT molecular complexity index is 8370. The van der Waals surface area contributed by atoms with E-state index in [0.717, 1.165) is 199 Å². The molecule has 0 spiro atoms. The fourth-order valence-electron chi connectivity index (χ4n) is 22.2. The number of carbonyl (C=O) groups excluding carboxylic acids is 4. The molecule has 0 unspecified atom stereocenters. The van der Waals surface area contributed by atoms with Crippen LogP contribution in [0.1, 0.15) is 181 Å². The number of benzene rings is 9. The van der Waals surface area contributed by atoms with Gasteiger partial charge in [0.1, 0.15) is 40.1 Å². The first-order valence-electron chi connectivity index (χ1n) is 49.6. The summed E-state index contributed by atoms with van der Waals surface area (Å²) in [4.78, 5) is 85.9. The van der Waals surface area contributed by atoms with E-state index in [2.05, 4.69) is 29.6 Å². The number of fused-ring (bicyclic) bond motifs is 11. The number of hydrogen-bond acceptors (Lipinski definition) is 13. The second-order valence-electron chi connectivity index (χ2n) is 39.1. The van der Waals surface area contributed by atoms with Crippen molar-refractivity contribution in [1.29, 1.82) is 0 Å². The molecule has 35 heteroatoms. The highest BCUT2D eigenvalue weighted by Crippen LogP contribution is 2.50. The molecule has 9 aromatic carbocycles. The number of aromatic nitrogens is 11. The van der Waals surface area contributed by atoms with Gasteiger partial charge < -0.3 is 66.7 Å². The molecular formula is C115H113BrCl8N14O12. The first-order valence-corrected chi connectivity index (χ1v) is 53.4. The lowest BCUT2D eigenvalue weighted by atomic mass is 9.98. The third kappa shape index (κ3) is 20.1. The summed E-state index contributed by atoms with van der Waals surface area (Å²) in [6, 6.07) is 35.4. The van der Waals surface area contributed by atoms with Crippen LogP contribution in [0.25, 0.3) is 87.9 Å². The van der Waals surface area contributed by atoms with Crippen LogP contribution in [0.4, 0.5) is 11.4 Å². The number of ether oxygens (including phenoxy) is 4. The summed E-state index contributed by atoms with van der Waals surface area (Å²) < 4.78 is 40.0. The van der Waals surface area contributed by atoms with Crippen molar-refractivity contribution in [3.63, 3.8) is 0 Å². The number of anilines is 2. The Hall–Kier alpha value is -12.7. The molecular weight excluding hydrogens is 2130 g/mol. The molecule has 20 rings (SSSR count). The van der Waals surface area contributed by atoms with Crippen molar-refractivity contribution in [2.24, 2.45) is 35.2 Å². The lowest BCUT2D eigenvalue weighted by Crippen LogP contribution is -2.32. The van der Waals surface area contributed by atoms with Crippen molar-refractivity contribution in [3.05, 3.63) is 290 Å². The van der Waals surface area contributed by atoms with Crippen molar-refractivity contribution in [1.82, 2.24) is 57.1 Å². The van der Waals surface area contributed by atoms with Crippen LogP contribution in [0.5, 0.6) is 23.0 Å². The van der Waals surface area contributed by atoms with E-state index in [1.54, 1.807) is 61.7 Å². The number of carboxylic acid groups (broad SMARTS) is 2. The maximum Gasteiger partial charge on any atom is 0.336 e. The molecule has 3 aliphatic heterocycles. The quantitative estimate of drug-likeness (QED) is 0.0377. The minimum atomic E-state index is -1.11. The summed E-state index contributed by atoms with van der Waals surface area (Å²) in [6.45, 7) is 29.0. The van der Waals surface area contributed by atoms with Gasteiger partial charge in [0.25, 0.3) is 24.2 Å². The van der Waals surface area contributed by atoms with Gasteiger partial charge in [0, 0.05) is 196 Å². The number of rotatable bonds is 26. The van der Waals surface area contributed by atoms with Gasteiger partial charge in [0.15, 0.2) is 0 Å². The second-order valence-corrected chi connectivity index (χ2v) is 43.2. The van der Waals surface area contributed by atoms with Gasteiger partial charge in [-0.25, -0.2) is 9.59 Å². The standard InChI is InChI=1S/2C39H38Cl3N5O4.C37H37BrCl2N4O4/c1-20-15-25(16-21(2)35(20)42)51-14-7-9-26-27-10-11-29(40)34(32-22(3)43-45(6)23(32)4)36(27)47-13-8-12-46(38(48)37(26)47)24-17-28(39(49)50)33-30(41)19-44(5)31(33)18-24;1-20-15-25(16-21(2)35(20)42)51-14-7-9-26-27-10-11-28(40)34(32-22(3)43-45(6)23(32)4)36(27)47-13-8-12-46(38(48)37(26)47)31-18-24(39(49)50)17-30-33(31)29(41)19-44(30)5;1-21-14-27(15-22(2)34(21)40)47-13-6-8-29-30-9-10-31(39)33(32-23(3)41-42(5)24(32)4)35(30)44-12-7-11-43(37(46)36(29)44)19-25-16-26(38)18-28(17-25)48-20-45/h2*10-11,15-19H,7-9,12-14H2,1-6H3,(H,49,50);9-10,14-18,20H,6-8,11-13,19H2,1-5H3. The lowest BCUT2D eigenvalue weighted by Gasteiger charge is -2.23. The number of carbonyl (C=O) groups is 6. The number of amides is 3. The monoisotopic (exact) mass is 2240 g/mol. The number of halogens is 9. The fraction of sp³-hybridized carbons (Fsp3) is 0.313. The number of aryl methyl sites for hydroxylation is 20. The van der Waals surface area contributed by atoms with E-state index in [1.807, 2.05) is 222 Å². The van der Waals surface area contributed by atoms with Gasteiger partial charge in [-0.3, -0.25) is 33.2 Å². The van der Waals surface area contributed by atoms with Gasteiger partial charge in [0.05, 0.1) is 106 Å². The predicted octanol–water partition coefficient (Wildman–Crippen LogP) is 27.9. The maximum absolute atomic E-state index is 15.1. The zero-order chi connectivity index (χ0) is 107. The van der Waals surface area contributed by atoms with Crippen LogP contribution < -0.4 is 28.7 Å². The van der Waals surface area contributed by atoms with E-state index in [9.17, 15) is 34.2 Å². The van der Waals surface area contributed by atoms with E-state index in [0.29, 0.717) is 205 Å². The molecule has 0 bridgehead atoms. The molecule has 8 aromatic heterocycles. The van der Waals surface area contributed by atoms with E-state index >= 15 is 4.79 Å². The molecule has 0 radical (unpaired) electrons. The molecule has 778 valence electrons. The molecule has 11 heterocycles. The summed E-state index contributed by atoms with van der Waals surface area (Å²) in [5, 5.41) is 43.1. The first-order chi connectivity index (χ1) is 71.5. The van der Waals surface area contributed by atoms with E-state index in [4.69, 9.17) is 127 Å². The van der Waals surface area contributed by atoms with Crippen LogP contribution in [0, 0.1) is 83.1 Å². The second kappa shape index (κ2) is 43.6. The fourth-order valence-corrected chi connectivity index (χ4v) is 24.5.